The first-order valence-electron chi connectivity index (χ1n) is 6.99. The van der Waals surface area contributed by atoms with Crippen molar-refractivity contribution < 1.29 is 9.53 Å². The SMILES string of the molecule is O=C(COc1cccc2ccccc12)Nc1ccc(Br)c(Cl)c1. The van der Waals surface area contributed by atoms with Crippen LogP contribution < -0.4 is 10.1 Å². The fourth-order valence-electron chi connectivity index (χ4n) is 2.24. The van der Waals surface area contributed by atoms with E-state index in [-0.39, 0.29) is 12.5 Å². The van der Waals surface area contributed by atoms with E-state index in [1.807, 2.05) is 42.5 Å². The van der Waals surface area contributed by atoms with Crippen molar-refractivity contribution in [2.75, 3.05) is 11.9 Å². The zero-order valence-electron chi connectivity index (χ0n) is 12.1. The van der Waals surface area contributed by atoms with Crippen LogP contribution in [0.3, 0.4) is 0 Å². The minimum absolute atomic E-state index is 0.0678. The van der Waals surface area contributed by atoms with Gasteiger partial charge in [-0.3, -0.25) is 4.79 Å². The number of hydrogen-bond donors (Lipinski definition) is 1. The molecule has 3 aromatic carbocycles. The Morgan fingerprint density at radius 3 is 2.70 bits per heavy atom. The Hall–Kier alpha value is -2.04. The number of ether oxygens (including phenoxy) is 1. The summed E-state index contributed by atoms with van der Waals surface area (Å²) in [6.45, 7) is -0.0678. The second-order valence-electron chi connectivity index (χ2n) is 4.94. The van der Waals surface area contributed by atoms with Gasteiger partial charge in [0.15, 0.2) is 6.61 Å². The van der Waals surface area contributed by atoms with Crippen LogP contribution in [-0.4, -0.2) is 12.5 Å². The lowest BCUT2D eigenvalue weighted by molar-refractivity contribution is -0.118. The quantitative estimate of drug-likeness (QED) is 0.659. The van der Waals surface area contributed by atoms with Gasteiger partial charge in [-0.05, 0) is 45.6 Å². The standard InChI is InChI=1S/C18H13BrClNO2/c19-15-9-8-13(10-16(15)20)21-18(22)11-23-17-7-3-5-12-4-1-2-6-14(12)17/h1-10H,11H2,(H,21,22). The van der Waals surface area contributed by atoms with Gasteiger partial charge in [0.2, 0.25) is 0 Å². The summed E-state index contributed by atoms with van der Waals surface area (Å²) in [7, 11) is 0. The Labute approximate surface area is 147 Å². The van der Waals surface area contributed by atoms with E-state index in [1.165, 1.54) is 0 Å². The average molecular weight is 391 g/mol. The monoisotopic (exact) mass is 389 g/mol. The molecule has 1 amide bonds. The second kappa shape index (κ2) is 7.02. The van der Waals surface area contributed by atoms with Crippen molar-refractivity contribution in [3.05, 3.63) is 70.2 Å². The molecular formula is C18H13BrClNO2. The highest BCUT2D eigenvalue weighted by atomic mass is 79.9. The van der Waals surface area contributed by atoms with E-state index in [0.717, 1.165) is 15.2 Å². The van der Waals surface area contributed by atoms with Crippen LogP contribution in [0.1, 0.15) is 0 Å². The molecule has 0 saturated heterocycles. The van der Waals surface area contributed by atoms with Crippen LogP contribution >= 0.6 is 27.5 Å². The average Bonchev–Trinajstić information content (AvgIpc) is 2.56. The normalized spacial score (nSPS) is 10.5. The maximum absolute atomic E-state index is 12.0. The minimum Gasteiger partial charge on any atom is -0.483 e. The molecule has 3 aromatic rings. The van der Waals surface area contributed by atoms with Gasteiger partial charge in [0.05, 0.1) is 5.02 Å². The first-order valence-corrected chi connectivity index (χ1v) is 8.16. The first kappa shape index (κ1) is 15.8. The van der Waals surface area contributed by atoms with Gasteiger partial charge >= 0.3 is 0 Å². The summed E-state index contributed by atoms with van der Waals surface area (Å²) in [5.74, 6) is 0.448. The maximum atomic E-state index is 12.0. The number of hydrogen-bond acceptors (Lipinski definition) is 2. The molecule has 1 N–H and O–H groups in total. The third kappa shape index (κ3) is 3.84. The summed E-state index contributed by atoms with van der Waals surface area (Å²) in [6, 6.07) is 18.9. The molecule has 3 rings (SSSR count). The molecule has 0 heterocycles. The molecule has 0 aliphatic carbocycles. The predicted octanol–water partition coefficient (Wildman–Crippen LogP) is 5.27. The molecule has 0 aliphatic heterocycles. The lowest BCUT2D eigenvalue weighted by Crippen LogP contribution is -2.20. The van der Waals surface area contributed by atoms with Crippen molar-refractivity contribution in [1.82, 2.24) is 0 Å². The van der Waals surface area contributed by atoms with Crippen molar-refractivity contribution in [3.8, 4) is 5.75 Å². The summed E-state index contributed by atoms with van der Waals surface area (Å²) < 4.78 is 6.43. The fourth-order valence-corrected chi connectivity index (χ4v) is 2.66. The zero-order valence-corrected chi connectivity index (χ0v) is 14.4. The molecule has 0 aliphatic rings. The molecule has 116 valence electrons. The summed E-state index contributed by atoms with van der Waals surface area (Å²) in [4.78, 5) is 12.0. The van der Waals surface area contributed by atoms with Gasteiger partial charge < -0.3 is 10.1 Å². The number of benzene rings is 3. The zero-order chi connectivity index (χ0) is 16.2. The summed E-state index contributed by atoms with van der Waals surface area (Å²) in [6.07, 6.45) is 0. The molecule has 3 nitrogen and oxygen atoms in total. The van der Waals surface area contributed by atoms with Crippen LogP contribution in [0.4, 0.5) is 5.69 Å². The predicted molar refractivity (Wildman–Crippen MR) is 97.2 cm³/mol. The Morgan fingerprint density at radius 1 is 1.09 bits per heavy atom. The van der Waals surface area contributed by atoms with Crippen LogP contribution in [0.25, 0.3) is 10.8 Å². The van der Waals surface area contributed by atoms with Gasteiger partial charge in [-0.1, -0.05) is 48.0 Å². The smallest absolute Gasteiger partial charge is 0.262 e. The highest BCUT2D eigenvalue weighted by molar-refractivity contribution is 9.10. The first-order chi connectivity index (χ1) is 11.1. The minimum atomic E-state index is -0.240. The van der Waals surface area contributed by atoms with Gasteiger partial charge in [-0.15, -0.1) is 0 Å². The Kier molecular flexibility index (Phi) is 4.84. The molecule has 0 unspecified atom stereocenters. The third-order valence-electron chi connectivity index (χ3n) is 3.31. The van der Waals surface area contributed by atoms with E-state index in [2.05, 4.69) is 21.2 Å². The number of carbonyl (C=O) groups excluding carboxylic acids is 1. The van der Waals surface area contributed by atoms with E-state index in [9.17, 15) is 4.79 Å². The number of amides is 1. The van der Waals surface area contributed by atoms with Crippen LogP contribution in [0.15, 0.2) is 65.1 Å². The molecule has 0 bridgehead atoms. The van der Waals surface area contributed by atoms with Gasteiger partial charge in [-0.25, -0.2) is 0 Å². The maximum Gasteiger partial charge on any atom is 0.262 e. The van der Waals surface area contributed by atoms with Gasteiger partial charge in [0.25, 0.3) is 5.91 Å². The highest BCUT2D eigenvalue weighted by Gasteiger charge is 2.07. The molecule has 0 atom stereocenters. The Balaban J connectivity index is 1.67. The number of anilines is 1. The lowest BCUT2D eigenvalue weighted by atomic mass is 10.1. The van der Waals surface area contributed by atoms with Crippen LogP contribution in [0.2, 0.25) is 5.02 Å². The number of carbonyl (C=O) groups is 1. The fraction of sp³-hybridized carbons (Fsp3) is 0.0556. The third-order valence-corrected chi connectivity index (χ3v) is 4.54. The topological polar surface area (TPSA) is 38.3 Å². The molecule has 0 spiro atoms. The summed E-state index contributed by atoms with van der Waals surface area (Å²) >= 11 is 9.32. The molecule has 0 radical (unpaired) electrons. The van der Waals surface area contributed by atoms with Gasteiger partial charge in [-0.2, -0.15) is 0 Å². The number of rotatable bonds is 4. The summed E-state index contributed by atoms with van der Waals surface area (Å²) in [5, 5.41) is 5.35. The molecule has 23 heavy (non-hydrogen) atoms. The highest BCUT2D eigenvalue weighted by Crippen LogP contribution is 2.26. The van der Waals surface area contributed by atoms with Crippen LogP contribution in [-0.2, 0) is 4.79 Å². The van der Waals surface area contributed by atoms with E-state index < -0.39 is 0 Å². The molecule has 0 fully saturated rings. The summed E-state index contributed by atoms with van der Waals surface area (Å²) in [5.41, 5.74) is 0.629. The van der Waals surface area contributed by atoms with E-state index in [4.69, 9.17) is 16.3 Å². The second-order valence-corrected chi connectivity index (χ2v) is 6.20. The Morgan fingerprint density at radius 2 is 1.87 bits per heavy atom. The van der Waals surface area contributed by atoms with Crippen molar-refractivity contribution in [1.29, 1.82) is 0 Å². The van der Waals surface area contributed by atoms with Gasteiger partial charge in [0, 0.05) is 15.5 Å². The van der Waals surface area contributed by atoms with Crippen LogP contribution in [0.5, 0.6) is 5.75 Å². The van der Waals surface area contributed by atoms with Crippen molar-refractivity contribution in [3.63, 3.8) is 0 Å². The van der Waals surface area contributed by atoms with E-state index in [1.54, 1.807) is 18.2 Å². The molecule has 5 heteroatoms. The van der Waals surface area contributed by atoms with E-state index >= 15 is 0 Å². The largest absolute Gasteiger partial charge is 0.483 e. The van der Waals surface area contributed by atoms with Crippen LogP contribution in [0, 0.1) is 0 Å². The number of halogens is 2. The Bertz CT molecular complexity index is 861. The van der Waals surface area contributed by atoms with E-state index in [0.29, 0.717) is 16.5 Å². The molecule has 0 aromatic heterocycles. The number of fused-ring (bicyclic) bond motifs is 1. The molecular weight excluding hydrogens is 378 g/mol. The molecule has 0 saturated carbocycles. The van der Waals surface area contributed by atoms with Crippen molar-refractivity contribution in [2.45, 2.75) is 0 Å². The van der Waals surface area contributed by atoms with Crippen molar-refractivity contribution in [2.24, 2.45) is 0 Å². The van der Waals surface area contributed by atoms with Crippen molar-refractivity contribution >= 4 is 49.9 Å². The lowest BCUT2D eigenvalue weighted by Gasteiger charge is -2.10. The van der Waals surface area contributed by atoms with Gasteiger partial charge in [0.1, 0.15) is 5.75 Å². The number of nitrogens with one attached hydrogen (secondary N) is 1.